The number of nitrogens with one attached hydrogen (secondary N) is 2. The zero-order chi connectivity index (χ0) is 22.3. The Kier molecular flexibility index (Phi) is 6.60. The third kappa shape index (κ3) is 5.03. The zero-order valence-electron chi connectivity index (χ0n) is 17.7. The molecule has 6 heteroatoms. The Bertz CT molecular complexity index is 1130. The first-order chi connectivity index (χ1) is 15.6. The van der Waals surface area contributed by atoms with E-state index in [1.54, 1.807) is 47.4 Å². The van der Waals surface area contributed by atoms with Crippen molar-refractivity contribution in [2.45, 2.75) is 19.3 Å². The van der Waals surface area contributed by atoms with Crippen LogP contribution >= 0.6 is 0 Å². The van der Waals surface area contributed by atoms with E-state index in [1.165, 1.54) is 0 Å². The number of carbonyl (C=O) groups is 3. The summed E-state index contributed by atoms with van der Waals surface area (Å²) < 4.78 is 0. The lowest BCUT2D eigenvalue weighted by Crippen LogP contribution is -2.27. The number of anilines is 2. The fraction of sp³-hybridized carbons (Fsp3) is 0.192. The van der Waals surface area contributed by atoms with Gasteiger partial charge in [0.2, 0.25) is 5.91 Å². The minimum Gasteiger partial charge on any atom is -0.352 e. The Balaban J connectivity index is 1.43. The van der Waals surface area contributed by atoms with E-state index in [2.05, 4.69) is 10.6 Å². The molecule has 0 aromatic heterocycles. The van der Waals surface area contributed by atoms with Crippen molar-refractivity contribution >= 4 is 29.1 Å². The second kappa shape index (κ2) is 9.92. The number of carbonyl (C=O) groups excluding carboxylic acids is 3. The number of benzene rings is 3. The minimum atomic E-state index is -0.331. The van der Waals surface area contributed by atoms with Crippen molar-refractivity contribution in [3.8, 4) is 0 Å². The molecule has 0 spiro atoms. The third-order valence-corrected chi connectivity index (χ3v) is 5.46. The molecule has 4 rings (SSSR count). The van der Waals surface area contributed by atoms with E-state index in [0.717, 1.165) is 18.4 Å². The molecule has 1 aliphatic rings. The van der Waals surface area contributed by atoms with Crippen LogP contribution in [0.1, 0.15) is 39.1 Å². The number of amides is 3. The molecule has 0 atom stereocenters. The lowest BCUT2D eigenvalue weighted by Gasteiger charge is -2.17. The highest BCUT2D eigenvalue weighted by Crippen LogP contribution is 2.23. The molecule has 1 saturated heterocycles. The molecule has 0 radical (unpaired) electrons. The number of para-hydroxylation sites is 1. The first kappa shape index (κ1) is 21.3. The average molecular weight is 428 g/mol. The maximum Gasteiger partial charge on any atom is 0.255 e. The van der Waals surface area contributed by atoms with Gasteiger partial charge in [-0.2, -0.15) is 0 Å². The lowest BCUT2D eigenvalue weighted by atomic mass is 10.1. The molecule has 1 heterocycles. The molecule has 32 heavy (non-hydrogen) atoms. The maximum absolute atomic E-state index is 12.9. The van der Waals surface area contributed by atoms with Gasteiger partial charge in [0.1, 0.15) is 0 Å². The Morgan fingerprint density at radius 1 is 0.875 bits per heavy atom. The fourth-order valence-electron chi connectivity index (χ4n) is 3.78. The van der Waals surface area contributed by atoms with Gasteiger partial charge in [-0.15, -0.1) is 0 Å². The van der Waals surface area contributed by atoms with Crippen LogP contribution in [-0.4, -0.2) is 30.8 Å². The summed E-state index contributed by atoms with van der Waals surface area (Å²) >= 11 is 0. The Hall–Kier alpha value is -3.93. The SMILES string of the molecule is O=C(Nc1ccccc1C(=O)NCCc1ccccc1)c1cccc(N2CCCC2=O)c1. The van der Waals surface area contributed by atoms with Gasteiger partial charge in [-0.25, -0.2) is 0 Å². The predicted octanol–water partition coefficient (Wildman–Crippen LogP) is 4.04. The third-order valence-electron chi connectivity index (χ3n) is 5.46. The average Bonchev–Trinajstić information content (AvgIpc) is 3.26. The van der Waals surface area contributed by atoms with Gasteiger partial charge in [0.05, 0.1) is 11.3 Å². The first-order valence-corrected chi connectivity index (χ1v) is 10.7. The summed E-state index contributed by atoms with van der Waals surface area (Å²) in [6.07, 6.45) is 2.08. The summed E-state index contributed by atoms with van der Waals surface area (Å²) in [6.45, 7) is 1.16. The van der Waals surface area contributed by atoms with E-state index in [-0.39, 0.29) is 17.7 Å². The molecule has 0 unspecified atom stereocenters. The van der Waals surface area contributed by atoms with Gasteiger partial charge < -0.3 is 15.5 Å². The molecule has 1 fully saturated rings. The normalized spacial score (nSPS) is 13.1. The van der Waals surface area contributed by atoms with Crippen molar-refractivity contribution < 1.29 is 14.4 Å². The summed E-state index contributed by atoms with van der Waals surface area (Å²) in [7, 11) is 0. The molecule has 3 aromatic rings. The van der Waals surface area contributed by atoms with Gasteiger partial charge in [0.25, 0.3) is 11.8 Å². The smallest absolute Gasteiger partial charge is 0.255 e. The number of nitrogens with zero attached hydrogens (tertiary/aromatic N) is 1. The molecule has 0 aliphatic carbocycles. The molecule has 0 bridgehead atoms. The van der Waals surface area contributed by atoms with E-state index < -0.39 is 0 Å². The van der Waals surface area contributed by atoms with Gasteiger partial charge in [-0.1, -0.05) is 48.5 Å². The number of hydrogen-bond donors (Lipinski definition) is 2. The van der Waals surface area contributed by atoms with Gasteiger partial charge in [-0.05, 0) is 48.7 Å². The van der Waals surface area contributed by atoms with Crippen LogP contribution in [0.5, 0.6) is 0 Å². The molecule has 162 valence electrons. The molecule has 3 amide bonds. The van der Waals surface area contributed by atoms with Gasteiger partial charge in [0.15, 0.2) is 0 Å². The Morgan fingerprint density at radius 2 is 1.66 bits per heavy atom. The predicted molar refractivity (Wildman–Crippen MR) is 125 cm³/mol. The molecular weight excluding hydrogens is 402 g/mol. The summed E-state index contributed by atoms with van der Waals surface area (Å²) in [5.41, 5.74) is 3.14. The standard InChI is InChI=1S/C26H25N3O3/c30-24-14-7-17-29(24)21-11-6-10-20(18-21)25(31)28-23-13-5-4-12-22(23)26(32)27-16-15-19-8-2-1-3-9-19/h1-6,8-13,18H,7,14-17H2,(H,27,32)(H,28,31). The first-order valence-electron chi connectivity index (χ1n) is 10.7. The molecule has 0 saturated carbocycles. The van der Waals surface area contributed by atoms with Crippen LogP contribution in [-0.2, 0) is 11.2 Å². The monoisotopic (exact) mass is 427 g/mol. The van der Waals surface area contributed by atoms with Crippen LogP contribution in [0.25, 0.3) is 0 Å². The molecule has 1 aliphatic heterocycles. The molecular formula is C26H25N3O3. The quantitative estimate of drug-likeness (QED) is 0.597. The summed E-state index contributed by atoms with van der Waals surface area (Å²) in [5.74, 6) is -0.503. The molecule has 6 nitrogen and oxygen atoms in total. The zero-order valence-corrected chi connectivity index (χ0v) is 17.7. The van der Waals surface area contributed by atoms with Crippen LogP contribution in [0.3, 0.4) is 0 Å². The van der Waals surface area contributed by atoms with Crippen molar-refractivity contribution in [3.63, 3.8) is 0 Å². The van der Waals surface area contributed by atoms with E-state index in [9.17, 15) is 14.4 Å². The molecule has 2 N–H and O–H groups in total. The topological polar surface area (TPSA) is 78.5 Å². The van der Waals surface area contributed by atoms with E-state index in [4.69, 9.17) is 0 Å². The van der Waals surface area contributed by atoms with E-state index >= 15 is 0 Å². The Labute approximate surface area is 187 Å². The van der Waals surface area contributed by atoms with Crippen LogP contribution in [0.2, 0.25) is 0 Å². The highest BCUT2D eigenvalue weighted by atomic mass is 16.2. The fourth-order valence-corrected chi connectivity index (χ4v) is 3.78. The van der Waals surface area contributed by atoms with Gasteiger partial charge in [0, 0.05) is 30.8 Å². The maximum atomic E-state index is 12.9. The van der Waals surface area contributed by atoms with Crippen molar-refractivity contribution in [3.05, 3.63) is 95.6 Å². The van der Waals surface area contributed by atoms with Crippen molar-refractivity contribution in [2.24, 2.45) is 0 Å². The highest BCUT2D eigenvalue weighted by molar-refractivity contribution is 6.09. The molecule has 3 aromatic carbocycles. The largest absolute Gasteiger partial charge is 0.352 e. The van der Waals surface area contributed by atoms with Gasteiger partial charge >= 0.3 is 0 Å². The lowest BCUT2D eigenvalue weighted by molar-refractivity contribution is -0.117. The van der Waals surface area contributed by atoms with Crippen LogP contribution in [0.4, 0.5) is 11.4 Å². The van der Waals surface area contributed by atoms with E-state index in [1.807, 2.05) is 36.4 Å². The summed E-state index contributed by atoms with van der Waals surface area (Å²) in [6, 6.07) is 23.9. The van der Waals surface area contributed by atoms with Crippen LogP contribution in [0.15, 0.2) is 78.9 Å². The summed E-state index contributed by atoms with van der Waals surface area (Å²) in [4.78, 5) is 39.3. The second-order valence-electron chi connectivity index (χ2n) is 7.69. The Morgan fingerprint density at radius 3 is 2.44 bits per heavy atom. The number of rotatable bonds is 7. The minimum absolute atomic E-state index is 0.0695. The number of hydrogen-bond acceptors (Lipinski definition) is 3. The van der Waals surface area contributed by atoms with Gasteiger partial charge in [-0.3, -0.25) is 14.4 Å². The van der Waals surface area contributed by atoms with Crippen LogP contribution in [0, 0.1) is 0 Å². The van der Waals surface area contributed by atoms with Crippen LogP contribution < -0.4 is 15.5 Å². The highest BCUT2D eigenvalue weighted by Gasteiger charge is 2.22. The van der Waals surface area contributed by atoms with Crippen molar-refractivity contribution in [2.75, 3.05) is 23.3 Å². The second-order valence-corrected chi connectivity index (χ2v) is 7.69. The van der Waals surface area contributed by atoms with Crippen molar-refractivity contribution in [1.82, 2.24) is 5.32 Å². The summed E-state index contributed by atoms with van der Waals surface area (Å²) in [5, 5.41) is 5.76. The van der Waals surface area contributed by atoms with Crippen molar-refractivity contribution in [1.29, 1.82) is 0 Å². The van der Waals surface area contributed by atoms with E-state index in [0.29, 0.717) is 42.0 Å².